The molecular formula is C25H23P. The summed E-state index contributed by atoms with van der Waals surface area (Å²) in [5.74, 6) is 0. The van der Waals surface area contributed by atoms with Crippen LogP contribution in [0.3, 0.4) is 0 Å². The first-order valence-electron chi connectivity index (χ1n) is 9.10. The van der Waals surface area contributed by atoms with E-state index in [0.717, 1.165) is 6.42 Å². The van der Waals surface area contributed by atoms with Gasteiger partial charge in [-0.15, -0.1) is 0 Å². The van der Waals surface area contributed by atoms with Gasteiger partial charge in [0.15, 0.2) is 0 Å². The first-order chi connectivity index (χ1) is 12.7. The van der Waals surface area contributed by atoms with Crippen molar-refractivity contribution >= 4 is 29.4 Å². The Morgan fingerprint density at radius 1 is 0.654 bits per heavy atom. The molecule has 1 aliphatic rings. The molecule has 0 amide bonds. The van der Waals surface area contributed by atoms with Gasteiger partial charge in [-0.25, -0.2) is 0 Å². The summed E-state index contributed by atoms with van der Waals surface area (Å²) >= 11 is 0. The molecule has 0 N–H and O–H groups in total. The number of hydrogen-bond donors (Lipinski definition) is 0. The maximum Gasteiger partial charge on any atom is -0.00579 e. The highest BCUT2D eigenvalue weighted by Gasteiger charge is 2.22. The first kappa shape index (κ1) is 17.0. The summed E-state index contributed by atoms with van der Waals surface area (Å²) in [6.45, 7) is 4.48. The third kappa shape index (κ3) is 3.30. The number of allylic oxidation sites excluding steroid dienone is 4. The first-order valence-corrected chi connectivity index (χ1v) is 10.4. The fraction of sp³-hybridized carbons (Fsp3) is 0.120. The van der Waals surface area contributed by atoms with Crippen LogP contribution in [0, 0.1) is 0 Å². The van der Waals surface area contributed by atoms with Crippen LogP contribution in [0.4, 0.5) is 0 Å². The Hall–Kier alpha value is -2.43. The van der Waals surface area contributed by atoms with E-state index in [1.807, 2.05) is 0 Å². The van der Waals surface area contributed by atoms with E-state index in [1.54, 1.807) is 0 Å². The molecule has 3 aromatic carbocycles. The summed E-state index contributed by atoms with van der Waals surface area (Å²) in [4.78, 5) is 0. The van der Waals surface area contributed by atoms with E-state index in [0.29, 0.717) is 0 Å². The highest BCUT2D eigenvalue weighted by atomic mass is 31.1. The molecule has 3 aromatic rings. The largest absolute Gasteiger partial charge is 0.0686 e. The Morgan fingerprint density at radius 3 is 1.73 bits per heavy atom. The zero-order valence-electron chi connectivity index (χ0n) is 15.3. The van der Waals surface area contributed by atoms with Gasteiger partial charge in [0, 0.05) is 0 Å². The quantitative estimate of drug-likeness (QED) is 0.538. The second kappa shape index (κ2) is 7.44. The number of rotatable bonds is 4. The second-order valence-electron chi connectivity index (χ2n) is 6.85. The van der Waals surface area contributed by atoms with Crippen LogP contribution in [0.2, 0.25) is 0 Å². The molecule has 0 aromatic heterocycles. The van der Waals surface area contributed by atoms with E-state index in [9.17, 15) is 0 Å². The maximum atomic E-state index is 2.33. The molecule has 0 saturated carbocycles. The molecular weight excluding hydrogens is 331 g/mol. The zero-order valence-corrected chi connectivity index (χ0v) is 16.2. The maximum absolute atomic E-state index is 2.33. The number of hydrogen-bond acceptors (Lipinski definition) is 0. The number of benzene rings is 3. The lowest BCUT2D eigenvalue weighted by Crippen LogP contribution is -2.23. The van der Waals surface area contributed by atoms with Crippen molar-refractivity contribution in [3.63, 3.8) is 0 Å². The highest BCUT2D eigenvalue weighted by Crippen LogP contribution is 2.39. The van der Waals surface area contributed by atoms with Crippen LogP contribution in [-0.4, -0.2) is 0 Å². The molecule has 0 unspecified atom stereocenters. The van der Waals surface area contributed by atoms with E-state index in [2.05, 4.69) is 105 Å². The molecule has 0 radical (unpaired) electrons. The summed E-state index contributed by atoms with van der Waals surface area (Å²) in [7, 11) is -0.574. The standard InChI is InChI=1S/C25H23P/c1-19-17-20(2)24(18-19)23-15-9-10-16-25(23)26(21-11-5-3-6-12-21)22-13-7-4-8-14-22/h3-17H,18H2,1-2H3. The Balaban J connectivity index is 1.90. The molecule has 0 spiro atoms. The van der Waals surface area contributed by atoms with Crippen molar-refractivity contribution in [2.75, 3.05) is 0 Å². The summed E-state index contributed by atoms with van der Waals surface area (Å²) in [5, 5.41) is 4.27. The van der Waals surface area contributed by atoms with Crippen LogP contribution in [0.15, 0.2) is 102 Å². The van der Waals surface area contributed by atoms with Gasteiger partial charge in [0.05, 0.1) is 0 Å². The van der Waals surface area contributed by atoms with E-state index in [-0.39, 0.29) is 0 Å². The van der Waals surface area contributed by atoms with E-state index in [1.165, 1.54) is 38.2 Å². The van der Waals surface area contributed by atoms with Crippen LogP contribution >= 0.6 is 7.92 Å². The second-order valence-corrected chi connectivity index (χ2v) is 9.04. The lowest BCUT2D eigenvalue weighted by atomic mass is 10.0. The minimum absolute atomic E-state index is 0.574. The van der Waals surface area contributed by atoms with Gasteiger partial charge in [0.2, 0.25) is 0 Å². The van der Waals surface area contributed by atoms with Crippen molar-refractivity contribution in [2.24, 2.45) is 0 Å². The fourth-order valence-corrected chi connectivity index (χ4v) is 6.22. The third-order valence-corrected chi connectivity index (χ3v) is 7.39. The fourth-order valence-electron chi connectivity index (χ4n) is 3.74. The molecule has 0 saturated heterocycles. The van der Waals surface area contributed by atoms with Crippen molar-refractivity contribution in [1.82, 2.24) is 0 Å². The van der Waals surface area contributed by atoms with Gasteiger partial charge in [-0.05, 0) is 60.8 Å². The molecule has 0 aliphatic heterocycles. The van der Waals surface area contributed by atoms with Crippen LogP contribution in [0.25, 0.3) is 5.57 Å². The monoisotopic (exact) mass is 354 g/mol. The molecule has 0 atom stereocenters. The minimum Gasteiger partial charge on any atom is -0.0686 e. The van der Waals surface area contributed by atoms with Gasteiger partial charge < -0.3 is 0 Å². The van der Waals surface area contributed by atoms with Gasteiger partial charge in [-0.1, -0.05) is 96.6 Å². The molecule has 26 heavy (non-hydrogen) atoms. The zero-order chi connectivity index (χ0) is 17.9. The average molecular weight is 354 g/mol. The third-order valence-electron chi connectivity index (χ3n) is 4.89. The summed E-state index contributed by atoms with van der Waals surface area (Å²) in [6, 6.07) is 30.9. The van der Waals surface area contributed by atoms with Crippen molar-refractivity contribution < 1.29 is 0 Å². The molecule has 0 heterocycles. The van der Waals surface area contributed by atoms with Gasteiger partial charge in [-0.3, -0.25) is 0 Å². The van der Waals surface area contributed by atoms with Crippen molar-refractivity contribution in [2.45, 2.75) is 20.3 Å². The minimum atomic E-state index is -0.574. The van der Waals surface area contributed by atoms with Crippen molar-refractivity contribution in [3.8, 4) is 0 Å². The smallest absolute Gasteiger partial charge is 0.00579 e. The molecule has 128 valence electrons. The van der Waals surface area contributed by atoms with E-state index >= 15 is 0 Å². The topological polar surface area (TPSA) is 0 Å². The van der Waals surface area contributed by atoms with E-state index in [4.69, 9.17) is 0 Å². The van der Waals surface area contributed by atoms with Crippen molar-refractivity contribution in [3.05, 3.63) is 108 Å². The predicted molar refractivity (Wildman–Crippen MR) is 116 cm³/mol. The SMILES string of the molecule is CC1=CC(C)=C(c2ccccc2P(c2ccccc2)c2ccccc2)C1. The lowest BCUT2D eigenvalue weighted by molar-refractivity contribution is 1.26. The van der Waals surface area contributed by atoms with Crippen LogP contribution < -0.4 is 15.9 Å². The van der Waals surface area contributed by atoms with Gasteiger partial charge in [-0.2, -0.15) is 0 Å². The summed E-state index contributed by atoms with van der Waals surface area (Å²) in [5.41, 5.74) is 5.76. The summed E-state index contributed by atoms with van der Waals surface area (Å²) < 4.78 is 0. The highest BCUT2D eigenvalue weighted by molar-refractivity contribution is 7.80. The molecule has 1 aliphatic carbocycles. The average Bonchev–Trinajstić information content (AvgIpc) is 3.02. The Bertz CT molecular complexity index is 926. The molecule has 0 bridgehead atoms. The van der Waals surface area contributed by atoms with Crippen LogP contribution in [0.5, 0.6) is 0 Å². The molecule has 4 rings (SSSR count). The van der Waals surface area contributed by atoms with Gasteiger partial charge >= 0.3 is 0 Å². The van der Waals surface area contributed by atoms with E-state index < -0.39 is 7.92 Å². The van der Waals surface area contributed by atoms with Crippen molar-refractivity contribution in [1.29, 1.82) is 0 Å². The molecule has 0 fully saturated rings. The molecule has 1 heteroatoms. The molecule has 0 nitrogen and oxygen atoms in total. The van der Waals surface area contributed by atoms with Crippen LogP contribution in [0.1, 0.15) is 25.8 Å². The van der Waals surface area contributed by atoms with Crippen LogP contribution in [-0.2, 0) is 0 Å². The summed E-state index contributed by atoms with van der Waals surface area (Å²) in [6.07, 6.45) is 3.40. The predicted octanol–water partition coefficient (Wildman–Crippen LogP) is 5.57. The Labute approximate surface area is 157 Å². The Morgan fingerprint density at radius 2 is 1.19 bits per heavy atom. The lowest BCUT2D eigenvalue weighted by Gasteiger charge is -2.23. The van der Waals surface area contributed by atoms with Gasteiger partial charge in [0.1, 0.15) is 0 Å². The Kier molecular flexibility index (Phi) is 4.87. The normalized spacial score (nSPS) is 14.0. The van der Waals surface area contributed by atoms with Gasteiger partial charge in [0.25, 0.3) is 0 Å².